The molecule has 0 atom stereocenters. The van der Waals surface area contributed by atoms with Crippen molar-refractivity contribution in [3.8, 4) is 0 Å². The van der Waals surface area contributed by atoms with Crippen molar-refractivity contribution in [2.45, 2.75) is 19.4 Å². The standard InChI is InChI=1S/C14H17ClN2O3/c15-12-5-10(14(16)20)3-4-11(12)7-17(8-13(18)19)6-9-1-2-9/h3-5,9H,1-2,6-8H2,(H2,16,20)(H,18,19). The minimum absolute atomic E-state index is 0.00952. The van der Waals surface area contributed by atoms with Gasteiger partial charge < -0.3 is 10.8 Å². The van der Waals surface area contributed by atoms with Gasteiger partial charge in [-0.1, -0.05) is 17.7 Å². The summed E-state index contributed by atoms with van der Waals surface area (Å²) in [7, 11) is 0. The van der Waals surface area contributed by atoms with E-state index >= 15 is 0 Å². The van der Waals surface area contributed by atoms with E-state index in [9.17, 15) is 9.59 Å². The number of benzene rings is 1. The third-order valence-electron chi connectivity index (χ3n) is 3.30. The molecule has 1 aliphatic rings. The number of hydrogen-bond donors (Lipinski definition) is 2. The van der Waals surface area contributed by atoms with E-state index in [1.54, 1.807) is 12.1 Å². The minimum Gasteiger partial charge on any atom is -0.480 e. The van der Waals surface area contributed by atoms with Gasteiger partial charge in [0.1, 0.15) is 0 Å². The number of hydrogen-bond acceptors (Lipinski definition) is 3. The van der Waals surface area contributed by atoms with Crippen molar-refractivity contribution in [3.63, 3.8) is 0 Å². The van der Waals surface area contributed by atoms with Crippen LogP contribution in [0.1, 0.15) is 28.8 Å². The summed E-state index contributed by atoms with van der Waals surface area (Å²) in [6, 6.07) is 4.86. The summed E-state index contributed by atoms with van der Waals surface area (Å²) < 4.78 is 0. The summed E-state index contributed by atoms with van der Waals surface area (Å²) in [6.07, 6.45) is 2.31. The van der Waals surface area contributed by atoms with E-state index in [0.29, 0.717) is 23.0 Å². The molecule has 0 radical (unpaired) electrons. The molecule has 0 aromatic heterocycles. The number of aliphatic carboxylic acids is 1. The number of rotatable bonds is 7. The molecule has 0 spiro atoms. The molecule has 0 saturated heterocycles. The zero-order valence-corrected chi connectivity index (χ0v) is 11.8. The Hall–Kier alpha value is -1.59. The van der Waals surface area contributed by atoms with Crippen molar-refractivity contribution in [2.75, 3.05) is 13.1 Å². The van der Waals surface area contributed by atoms with Crippen LogP contribution in [0, 0.1) is 5.92 Å². The van der Waals surface area contributed by atoms with Gasteiger partial charge in [0.05, 0.1) is 6.54 Å². The lowest BCUT2D eigenvalue weighted by Crippen LogP contribution is -2.31. The highest BCUT2D eigenvalue weighted by atomic mass is 35.5. The number of halogens is 1. The molecule has 6 heteroatoms. The lowest BCUT2D eigenvalue weighted by Gasteiger charge is -2.20. The van der Waals surface area contributed by atoms with Crippen LogP contribution in [0.15, 0.2) is 18.2 Å². The molecule has 0 bridgehead atoms. The molecule has 1 saturated carbocycles. The number of primary amides is 1. The predicted molar refractivity (Wildman–Crippen MR) is 75.6 cm³/mol. The minimum atomic E-state index is -0.851. The van der Waals surface area contributed by atoms with Crippen LogP contribution in [0.5, 0.6) is 0 Å². The molecule has 108 valence electrons. The molecule has 1 aromatic carbocycles. The zero-order valence-electron chi connectivity index (χ0n) is 11.0. The van der Waals surface area contributed by atoms with E-state index in [1.807, 2.05) is 4.90 Å². The summed E-state index contributed by atoms with van der Waals surface area (Å²) in [6.45, 7) is 1.21. The quantitative estimate of drug-likeness (QED) is 0.803. The van der Waals surface area contributed by atoms with E-state index < -0.39 is 11.9 Å². The number of amides is 1. The molecule has 3 N–H and O–H groups in total. The molecule has 1 fully saturated rings. The molecule has 20 heavy (non-hydrogen) atoms. The molecule has 0 aliphatic heterocycles. The SMILES string of the molecule is NC(=O)c1ccc(CN(CC(=O)O)CC2CC2)c(Cl)c1. The van der Waals surface area contributed by atoms with Crippen molar-refractivity contribution in [1.82, 2.24) is 4.90 Å². The Bertz CT molecular complexity index is 529. The van der Waals surface area contributed by atoms with Gasteiger partial charge in [-0.15, -0.1) is 0 Å². The number of carboxylic acid groups (broad SMARTS) is 1. The van der Waals surface area contributed by atoms with Crippen LogP contribution in [0.3, 0.4) is 0 Å². The van der Waals surface area contributed by atoms with Gasteiger partial charge in [-0.05, 0) is 36.5 Å². The highest BCUT2D eigenvalue weighted by Crippen LogP contribution is 2.30. The Morgan fingerprint density at radius 1 is 1.40 bits per heavy atom. The zero-order chi connectivity index (χ0) is 14.7. The largest absolute Gasteiger partial charge is 0.480 e. The molecule has 2 rings (SSSR count). The first kappa shape index (κ1) is 14.8. The Labute approximate surface area is 122 Å². The van der Waals surface area contributed by atoms with Crippen LogP contribution in [0.2, 0.25) is 5.02 Å². The van der Waals surface area contributed by atoms with Gasteiger partial charge in [0.15, 0.2) is 0 Å². The molecule has 0 unspecified atom stereocenters. The van der Waals surface area contributed by atoms with Crippen LogP contribution in [0.25, 0.3) is 0 Å². The summed E-state index contributed by atoms with van der Waals surface area (Å²) >= 11 is 6.12. The fourth-order valence-corrected chi connectivity index (χ4v) is 2.35. The maximum absolute atomic E-state index is 11.1. The molecule has 1 aliphatic carbocycles. The van der Waals surface area contributed by atoms with Crippen molar-refractivity contribution < 1.29 is 14.7 Å². The number of carbonyl (C=O) groups excluding carboxylic acids is 1. The maximum atomic E-state index is 11.1. The first-order valence-electron chi connectivity index (χ1n) is 6.48. The smallest absolute Gasteiger partial charge is 0.317 e. The highest BCUT2D eigenvalue weighted by Gasteiger charge is 2.25. The topological polar surface area (TPSA) is 83.6 Å². The average Bonchev–Trinajstić information content (AvgIpc) is 3.14. The van der Waals surface area contributed by atoms with Crippen molar-refractivity contribution >= 4 is 23.5 Å². The summed E-state index contributed by atoms with van der Waals surface area (Å²) in [5.74, 6) is -0.785. The number of carboxylic acids is 1. The Morgan fingerprint density at radius 3 is 2.60 bits per heavy atom. The molecular weight excluding hydrogens is 280 g/mol. The van der Waals surface area contributed by atoms with Gasteiger partial charge in [0.2, 0.25) is 5.91 Å². The molecule has 1 amide bonds. The second-order valence-corrected chi connectivity index (χ2v) is 5.58. The molecule has 0 heterocycles. The van der Waals surface area contributed by atoms with E-state index in [4.69, 9.17) is 22.4 Å². The highest BCUT2D eigenvalue weighted by molar-refractivity contribution is 6.31. The third kappa shape index (κ3) is 4.21. The monoisotopic (exact) mass is 296 g/mol. The normalized spacial score (nSPS) is 14.5. The van der Waals surface area contributed by atoms with Gasteiger partial charge in [-0.3, -0.25) is 14.5 Å². The summed E-state index contributed by atoms with van der Waals surface area (Å²) in [5, 5.41) is 9.38. The van der Waals surface area contributed by atoms with Gasteiger partial charge >= 0.3 is 5.97 Å². The number of carbonyl (C=O) groups is 2. The number of nitrogens with two attached hydrogens (primary N) is 1. The van der Waals surface area contributed by atoms with E-state index in [2.05, 4.69) is 0 Å². The van der Waals surface area contributed by atoms with E-state index in [0.717, 1.165) is 24.9 Å². The fourth-order valence-electron chi connectivity index (χ4n) is 2.11. The van der Waals surface area contributed by atoms with Crippen LogP contribution in [-0.2, 0) is 11.3 Å². The van der Waals surface area contributed by atoms with Gasteiger partial charge in [0, 0.05) is 23.7 Å². The van der Waals surface area contributed by atoms with Crippen LogP contribution in [-0.4, -0.2) is 35.0 Å². The third-order valence-corrected chi connectivity index (χ3v) is 3.66. The lowest BCUT2D eigenvalue weighted by molar-refractivity contribution is -0.138. The van der Waals surface area contributed by atoms with Crippen LogP contribution >= 0.6 is 11.6 Å². The predicted octanol–water partition coefficient (Wildman–Crippen LogP) is 1.74. The fraction of sp³-hybridized carbons (Fsp3) is 0.429. The van der Waals surface area contributed by atoms with Crippen LogP contribution in [0.4, 0.5) is 0 Å². The van der Waals surface area contributed by atoms with Gasteiger partial charge in [0.25, 0.3) is 0 Å². The maximum Gasteiger partial charge on any atom is 0.317 e. The second kappa shape index (κ2) is 6.24. The molecule has 5 nitrogen and oxygen atoms in total. The van der Waals surface area contributed by atoms with Crippen molar-refractivity contribution in [1.29, 1.82) is 0 Å². The average molecular weight is 297 g/mol. The Balaban J connectivity index is 2.08. The lowest BCUT2D eigenvalue weighted by atomic mass is 10.1. The van der Waals surface area contributed by atoms with Gasteiger partial charge in [-0.2, -0.15) is 0 Å². The van der Waals surface area contributed by atoms with Crippen molar-refractivity contribution in [3.05, 3.63) is 34.3 Å². The van der Waals surface area contributed by atoms with Crippen LogP contribution < -0.4 is 5.73 Å². The second-order valence-electron chi connectivity index (χ2n) is 5.18. The Kier molecular flexibility index (Phi) is 4.62. The van der Waals surface area contributed by atoms with E-state index in [-0.39, 0.29) is 6.54 Å². The summed E-state index contributed by atoms with van der Waals surface area (Å²) in [4.78, 5) is 23.8. The molecular formula is C14H17ClN2O3. The van der Waals surface area contributed by atoms with Crippen molar-refractivity contribution in [2.24, 2.45) is 11.7 Å². The van der Waals surface area contributed by atoms with Gasteiger partial charge in [-0.25, -0.2) is 0 Å². The number of nitrogens with zero attached hydrogens (tertiary/aromatic N) is 1. The Morgan fingerprint density at radius 2 is 2.10 bits per heavy atom. The molecule has 1 aromatic rings. The summed E-state index contributed by atoms with van der Waals surface area (Å²) in [5.41, 5.74) is 6.35. The van der Waals surface area contributed by atoms with E-state index in [1.165, 1.54) is 6.07 Å². The first-order valence-corrected chi connectivity index (χ1v) is 6.86. The first-order chi connectivity index (χ1) is 9.45.